The minimum atomic E-state index is -1.16. The van der Waals surface area contributed by atoms with E-state index in [1.807, 2.05) is 40.7 Å². The zero-order valence-electron chi connectivity index (χ0n) is 13.0. The third kappa shape index (κ3) is 3.34. The molecule has 2 atom stereocenters. The molecule has 2 unspecified atom stereocenters. The Morgan fingerprint density at radius 2 is 2.14 bits per heavy atom. The first-order chi connectivity index (χ1) is 9.75. The largest absolute Gasteiger partial charge is 0.598 e. The van der Waals surface area contributed by atoms with Gasteiger partial charge in [-0.05, 0) is 40.7 Å². The van der Waals surface area contributed by atoms with Gasteiger partial charge in [0.05, 0.1) is 5.52 Å². The summed E-state index contributed by atoms with van der Waals surface area (Å²) in [6.07, 6.45) is 1.67. The lowest BCUT2D eigenvalue weighted by Gasteiger charge is -2.26. The Hall–Kier alpha value is -0.820. The van der Waals surface area contributed by atoms with Gasteiger partial charge in [0.15, 0.2) is 5.15 Å². The quantitative estimate of drug-likeness (QED) is 0.691. The lowest BCUT2D eigenvalue weighted by molar-refractivity contribution is 0.519. The van der Waals surface area contributed by atoms with Crippen LogP contribution < -0.4 is 4.72 Å². The first kappa shape index (κ1) is 16.5. The molecule has 116 valence electrons. The molecular weight excluding hydrogens is 308 g/mol. The first-order valence-electron chi connectivity index (χ1n) is 6.94. The van der Waals surface area contributed by atoms with Crippen molar-refractivity contribution in [1.29, 1.82) is 0 Å². The van der Waals surface area contributed by atoms with E-state index >= 15 is 0 Å². The van der Waals surface area contributed by atoms with Crippen LogP contribution in [0.2, 0.25) is 5.15 Å². The highest BCUT2D eigenvalue weighted by molar-refractivity contribution is 7.90. The van der Waals surface area contributed by atoms with Gasteiger partial charge >= 0.3 is 0 Å². The summed E-state index contributed by atoms with van der Waals surface area (Å²) in [5, 5.41) is 0.394. The number of nitrogens with zero attached hydrogens (tertiary/aromatic N) is 3. The van der Waals surface area contributed by atoms with Crippen molar-refractivity contribution in [2.75, 3.05) is 0 Å². The molecule has 0 radical (unpaired) electrons. The number of rotatable bonds is 4. The summed E-state index contributed by atoms with van der Waals surface area (Å²) in [6, 6.07) is 1.75. The molecule has 2 rings (SSSR count). The average Bonchev–Trinajstić information content (AvgIpc) is 2.77. The number of hydrogen-bond acceptors (Lipinski definition) is 4. The Morgan fingerprint density at radius 3 is 2.71 bits per heavy atom. The molecule has 1 N–H and O–H groups in total. The molecule has 0 aliphatic rings. The number of imidazole rings is 1. The van der Waals surface area contributed by atoms with Crippen LogP contribution in [-0.2, 0) is 17.9 Å². The summed E-state index contributed by atoms with van der Waals surface area (Å²) in [5.74, 6) is 0.819. The zero-order chi connectivity index (χ0) is 15.8. The van der Waals surface area contributed by atoms with E-state index in [0.717, 1.165) is 17.9 Å². The van der Waals surface area contributed by atoms with Crippen molar-refractivity contribution >= 4 is 34.0 Å². The van der Waals surface area contributed by atoms with Gasteiger partial charge in [-0.15, -0.1) is 4.72 Å². The lowest BCUT2D eigenvalue weighted by atomic mass is 10.3. The molecule has 21 heavy (non-hydrogen) atoms. The summed E-state index contributed by atoms with van der Waals surface area (Å²) < 4.78 is 17.1. The number of nitrogens with one attached hydrogen (secondary N) is 1. The van der Waals surface area contributed by atoms with Crippen LogP contribution in [0.15, 0.2) is 12.3 Å². The fourth-order valence-electron chi connectivity index (χ4n) is 2.09. The van der Waals surface area contributed by atoms with Crippen LogP contribution in [0.4, 0.5) is 0 Å². The molecule has 0 spiro atoms. The molecular formula is C14H21ClN4OS. The van der Waals surface area contributed by atoms with Gasteiger partial charge in [-0.2, -0.15) is 0 Å². The van der Waals surface area contributed by atoms with Crippen LogP contribution in [0.25, 0.3) is 11.0 Å². The number of hydrogen-bond donors (Lipinski definition) is 1. The van der Waals surface area contributed by atoms with Crippen LogP contribution in [0.1, 0.15) is 46.5 Å². The van der Waals surface area contributed by atoms with Crippen LogP contribution in [0.3, 0.4) is 0 Å². The third-order valence-electron chi connectivity index (χ3n) is 3.20. The van der Waals surface area contributed by atoms with E-state index in [9.17, 15) is 4.55 Å². The molecule has 2 aromatic heterocycles. The standard InChI is InChI=1S/C14H21ClN4OS/c1-6-19-10-7-8-16-12(15)11(10)17-13(19)9(2)18-21(20)14(3,4)5/h7-9,18H,6H2,1-5H3. The number of aromatic nitrogens is 3. The maximum absolute atomic E-state index is 12.3. The maximum Gasteiger partial charge on any atom is 0.156 e. The maximum atomic E-state index is 12.3. The van der Waals surface area contributed by atoms with Gasteiger partial charge in [-0.3, -0.25) is 0 Å². The van der Waals surface area contributed by atoms with Crippen molar-refractivity contribution in [2.24, 2.45) is 0 Å². The Balaban J connectivity index is 2.39. The molecule has 0 saturated carbocycles. The zero-order valence-corrected chi connectivity index (χ0v) is 14.5. The number of pyridine rings is 1. The Labute approximate surface area is 133 Å². The smallest absolute Gasteiger partial charge is 0.156 e. The van der Waals surface area contributed by atoms with Gasteiger partial charge in [0.1, 0.15) is 22.1 Å². The molecule has 0 amide bonds. The monoisotopic (exact) mass is 328 g/mol. The second-order valence-electron chi connectivity index (χ2n) is 5.90. The molecule has 0 bridgehead atoms. The van der Waals surface area contributed by atoms with E-state index in [1.165, 1.54) is 0 Å². The molecule has 7 heteroatoms. The van der Waals surface area contributed by atoms with E-state index in [4.69, 9.17) is 11.6 Å². The van der Waals surface area contributed by atoms with E-state index < -0.39 is 11.4 Å². The topological polar surface area (TPSA) is 65.8 Å². The van der Waals surface area contributed by atoms with Gasteiger partial charge in [-0.25, -0.2) is 9.97 Å². The van der Waals surface area contributed by atoms with E-state index in [1.54, 1.807) is 6.20 Å². The molecule has 0 aromatic carbocycles. The summed E-state index contributed by atoms with van der Waals surface area (Å²) in [5.41, 5.74) is 1.63. The number of fused-ring (bicyclic) bond motifs is 1. The third-order valence-corrected chi connectivity index (χ3v) is 5.15. The minimum Gasteiger partial charge on any atom is -0.598 e. The van der Waals surface area contributed by atoms with Gasteiger partial charge in [0.2, 0.25) is 0 Å². The lowest BCUT2D eigenvalue weighted by Crippen LogP contribution is -2.41. The van der Waals surface area contributed by atoms with Gasteiger partial charge in [0.25, 0.3) is 0 Å². The van der Waals surface area contributed by atoms with Crippen molar-refractivity contribution in [3.8, 4) is 0 Å². The molecule has 0 fully saturated rings. The summed E-state index contributed by atoms with van der Waals surface area (Å²) >= 11 is 4.96. The molecule has 0 saturated heterocycles. The van der Waals surface area contributed by atoms with Crippen LogP contribution in [0.5, 0.6) is 0 Å². The number of aryl methyl sites for hydroxylation is 1. The Bertz CT molecular complexity index is 638. The molecule has 0 aliphatic heterocycles. The number of halogens is 1. The normalized spacial score (nSPS) is 15.4. The fourth-order valence-corrected chi connectivity index (χ4v) is 3.07. The van der Waals surface area contributed by atoms with Crippen molar-refractivity contribution in [3.63, 3.8) is 0 Å². The van der Waals surface area contributed by atoms with E-state index in [-0.39, 0.29) is 10.8 Å². The highest BCUT2D eigenvalue weighted by atomic mass is 35.5. The second kappa shape index (κ2) is 6.12. The van der Waals surface area contributed by atoms with E-state index in [2.05, 4.69) is 19.3 Å². The summed E-state index contributed by atoms with van der Waals surface area (Å²) in [6.45, 7) is 10.6. The summed E-state index contributed by atoms with van der Waals surface area (Å²) in [4.78, 5) is 8.65. The van der Waals surface area contributed by atoms with Crippen molar-refractivity contribution in [2.45, 2.75) is 52.0 Å². The molecule has 2 aromatic rings. The highest BCUT2D eigenvalue weighted by Gasteiger charge is 2.30. The van der Waals surface area contributed by atoms with Crippen LogP contribution >= 0.6 is 11.6 Å². The predicted molar refractivity (Wildman–Crippen MR) is 87.7 cm³/mol. The Morgan fingerprint density at radius 1 is 1.48 bits per heavy atom. The first-order valence-corrected chi connectivity index (χ1v) is 8.47. The minimum absolute atomic E-state index is 0.145. The SMILES string of the molecule is CCn1c(C(C)N[S+]([O-])C(C)(C)C)nc2c(Cl)nccc21. The van der Waals surface area contributed by atoms with E-state index in [0.29, 0.717) is 10.7 Å². The van der Waals surface area contributed by atoms with Gasteiger partial charge in [0, 0.05) is 24.1 Å². The van der Waals surface area contributed by atoms with Crippen molar-refractivity contribution < 1.29 is 4.55 Å². The highest BCUT2D eigenvalue weighted by Crippen LogP contribution is 2.26. The predicted octanol–water partition coefficient (Wildman–Crippen LogP) is 3.22. The van der Waals surface area contributed by atoms with Crippen molar-refractivity contribution in [1.82, 2.24) is 19.3 Å². The van der Waals surface area contributed by atoms with Crippen LogP contribution in [0, 0.1) is 0 Å². The second-order valence-corrected chi connectivity index (χ2v) is 8.26. The Kier molecular flexibility index (Phi) is 4.82. The molecule has 2 heterocycles. The summed E-state index contributed by atoms with van der Waals surface area (Å²) in [7, 11) is 0. The van der Waals surface area contributed by atoms with Crippen molar-refractivity contribution in [3.05, 3.63) is 23.2 Å². The molecule has 5 nitrogen and oxygen atoms in total. The molecule has 0 aliphatic carbocycles. The fraction of sp³-hybridized carbons (Fsp3) is 0.571. The average molecular weight is 329 g/mol. The van der Waals surface area contributed by atoms with Gasteiger partial charge in [-0.1, -0.05) is 11.6 Å². The van der Waals surface area contributed by atoms with Gasteiger partial charge < -0.3 is 9.12 Å². The van der Waals surface area contributed by atoms with Crippen LogP contribution in [-0.4, -0.2) is 23.8 Å².